The molecule has 1 fully saturated rings. The first-order chi connectivity index (χ1) is 9.36. The minimum atomic E-state index is 0.313. The van der Waals surface area contributed by atoms with E-state index in [-0.39, 0.29) is 0 Å². The topological polar surface area (TPSA) is 83.7 Å². The lowest BCUT2D eigenvalue weighted by molar-refractivity contribution is 0.0904. The van der Waals surface area contributed by atoms with Crippen LogP contribution in [0.15, 0.2) is 18.6 Å². The molecule has 6 nitrogen and oxygen atoms in total. The highest BCUT2D eigenvalue weighted by atomic mass is 16.5. The Morgan fingerprint density at radius 3 is 3.00 bits per heavy atom. The molecule has 0 saturated carbocycles. The molecule has 0 spiro atoms. The molecule has 0 bridgehead atoms. The first-order valence-electron chi connectivity index (χ1n) is 6.22. The van der Waals surface area contributed by atoms with Gasteiger partial charge in [-0.25, -0.2) is 15.0 Å². The predicted molar refractivity (Wildman–Crippen MR) is 69.5 cm³/mol. The van der Waals surface area contributed by atoms with Crippen LogP contribution in [0.4, 0.5) is 5.82 Å². The molecule has 0 atom stereocenters. The zero-order chi connectivity index (χ0) is 13.1. The van der Waals surface area contributed by atoms with Crippen LogP contribution in [0.2, 0.25) is 0 Å². The molecule has 0 aliphatic carbocycles. The van der Waals surface area contributed by atoms with Gasteiger partial charge in [0.25, 0.3) is 0 Å². The summed E-state index contributed by atoms with van der Waals surface area (Å²) in [5.41, 5.74) is 1.12. The molecule has 0 aromatic carbocycles. The lowest BCUT2D eigenvalue weighted by Gasteiger charge is -2.23. The first kappa shape index (κ1) is 11.8. The van der Waals surface area contributed by atoms with E-state index in [1.807, 2.05) is 0 Å². The van der Waals surface area contributed by atoms with Gasteiger partial charge in [0.15, 0.2) is 5.82 Å². The maximum absolute atomic E-state index is 9.03. The lowest BCUT2D eigenvalue weighted by Crippen LogP contribution is -2.28. The summed E-state index contributed by atoms with van der Waals surface area (Å²) in [5.74, 6) is 0.656. The monoisotopic (exact) mass is 255 g/mol. The minimum Gasteiger partial charge on any atom is -0.381 e. The molecule has 3 rings (SSSR count). The minimum absolute atomic E-state index is 0.313. The number of rotatable bonds is 2. The van der Waals surface area contributed by atoms with Gasteiger partial charge in [-0.1, -0.05) is 0 Å². The highest BCUT2D eigenvalue weighted by molar-refractivity contribution is 5.88. The number of hydrogen-bond acceptors (Lipinski definition) is 6. The fourth-order valence-corrected chi connectivity index (χ4v) is 2.19. The number of nitrogens with one attached hydrogen (secondary N) is 1. The van der Waals surface area contributed by atoms with Gasteiger partial charge in [0, 0.05) is 30.8 Å². The van der Waals surface area contributed by atoms with Gasteiger partial charge < -0.3 is 10.1 Å². The highest BCUT2D eigenvalue weighted by Crippen LogP contribution is 2.22. The second-order valence-corrected chi connectivity index (χ2v) is 4.46. The summed E-state index contributed by atoms with van der Waals surface area (Å²) in [7, 11) is 0. The van der Waals surface area contributed by atoms with Crippen molar-refractivity contribution in [2.45, 2.75) is 18.9 Å². The van der Waals surface area contributed by atoms with Crippen molar-refractivity contribution in [3.05, 3.63) is 24.3 Å². The van der Waals surface area contributed by atoms with E-state index in [0.29, 0.717) is 17.6 Å². The number of nitrogens with zero attached hydrogens (tertiary/aromatic N) is 4. The van der Waals surface area contributed by atoms with E-state index in [9.17, 15) is 0 Å². The fraction of sp³-hybridized carbons (Fsp3) is 0.385. The zero-order valence-electron chi connectivity index (χ0n) is 10.3. The Balaban J connectivity index is 1.98. The van der Waals surface area contributed by atoms with Crippen molar-refractivity contribution in [3.63, 3.8) is 0 Å². The molecular formula is C13H13N5O. The van der Waals surface area contributed by atoms with Crippen molar-refractivity contribution < 1.29 is 4.74 Å². The van der Waals surface area contributed by atoms with E-state index in [1.165, 1.54) is 6.33 Å². The number of pyridine rings is 1. The van der Waals surface area contributed by atoms with E-state index in [4.69, 9.17) is 10.00 Å². The van der Waals surface area contributed by atoms with Crippen LogP contribution in [0.5, 0.6) is 0 Å². The normalized spacial score (nSPS) is 16.2. The van der Waals surface area contributed by atoms with Crippen LogP contribution in [0.25, 0.3) is 10.9 Å². The highest BCUT2D eigenvalue weighted by Gasteiger charge is 2.16. The van der Waals surface area contributed by atoms with Gasteiger partial charge >= 0.3 is 0 Å². The van der Waals surface area contributed by atoms with Gasteiger partial charge in [0.2, 0.25) is 0 Å². The molecule has 19 heavy (non-hydrogen) atoms. The van der Waals surface area contributed by atoms with Gasteiger partial charge in [-0.05, 0) is 18.9 Å². The van der Waals surface area contributed by atoms with Crippen LogP contribution in [0, 0.1) is 11.3 Å². The third-order valence-corrected chi connectivity index (χ3v) is 3.17. The fourth-order valence-electron chi connectivity index (χ4n) is 2.19. The largest absolute Gasteiger partial charge is 0.381 e. The number of aromatic nitrogens is 3. The van der Waals surface area contributed by atoms with Crippen LogP contribution in [-0.2, 0) is 4.74 Å². The van der Waals surface area contributed by atoms with Gasteiger partial charge in [-0.15, -0.1) is 0 Å². The van der Waals surface area contributed by atoms with E-state index in [1.54, 1.807) is 12.3 Å². The summed E-state index contributed by atoms with van der Waals surface area (Å²) in [6.45, 7) is 1.51. The molecule has 0 unspecified atom stereocenters. The molecule has 1 aliphatic rings. The van der Waals surface area contributed by atoms with Gasteiger partial charge in [0.05, 0.1) is 0 Å². The second kappa shape index (κ2) is 5.16. The van der Waals surface area contributed by atoms with E-state index < -0.39 is 0 Å². The Hall–Kier alpha value is -2.26. The van der Waals surface area contributed by atoms with E-state index in [2.05, 4.69) is 26.3 Å². The van der Waals surface area contributed by atoms with Gasteiger partial charge in [-0.3, -0.25) is 0 Å². The molecule has 96 valence electrons. The third kappa shape index (κ3) is 2.46. The van der Waals surface area contributed by atoms with Crippen LogP contribution in [0.3, 0.4) is 0 Å². The van der Waals surface area contributed by atoms with Crippen LogP contribution < -0.4 is 5.32 Å². The molecule has 0 amide bonds. The second-order valence-electron chi connectivity index (χ2n) is 4.46. The molecular weight excluding hydrogens is 242 g/mol. The maximum Gasteiger partial charge on any atom is 0.154 e. The zero-order valence-corrected chi connectivity index (χ0v) is 10.3. The Labute approximate surface area is 110 Å². The quantitative estimate of drug-likeness (QED) is 0.875. The van der Waals surface area contributed by atoms with Crippen LogP contribution >= 0.6 is 0 Å². The molecule has 1 saturated heterocycles. The summed E-state index contributed by atoms with van der Waals surface area (Å²) >= 11 is 0. The van der Waals surface area contributed by atoms with Crippen LogP contribution in [-0.4, -0.2) is 34.2 Å². The summed E-state index contributed by atoms with van der Waals surface area (Å²) in [6.07, 6.45) is 5.06. The average molecular weight is 255 g/mol. The molecule has 2 aromatic rings. The standard InChI is InChI=1S/C13H13N5O/c14-6-11-5-9-7-15-8-16-12(9)13(18-11)17-10-1-3-19-4-2-10/h5,7-8,10H,1-4H2,(H,17,18). The molecule has 2 aromatic heterocycles. The predicted octanol–water partition coefficient (Wildman–Crippen LogP) is 1.49. The van der Waals surface area contributed by atoms with E-state index >= 15 is 0 Å². The smallest absolute Gasteiger partial charge is 0.154 e. The van der Waals surface area contributed by atoms with Crippen molar-refractivity contribution in [2.24, 2.45) is 0 Å². The number of anilines is 1. The van der Waals surface area contributed by atoms with Crippen molar-refractivity contribution in [2.75, 3.05) is 18.5 Å². The van der Waals surface area contributed by atoms with Gasteiger partial charge in [-0.2, -0.15) is 5.26 Å². The summed E-state index contributed by atoms with van der Waals surface area (Å²) in [4.78, 5) is 12.5. The first-order valence-corrected chi connectivity index (χ1v) is 6.22. The number of fused-ring (bicyclic) bond motifs is 1. The van der Waals surface area contributed by atoms with Crippen molar-refractivity contribution in [1.82, 2.24) is 15.0 Å². The van der Waals surface area contributed by atoms with Crippen molar-refractivity contribution in [1.29, 1.82) is 5.26 Å². The Morgan fingerprint density at radius 1 is 1.37 bits per heavy atom. The molecule has 1 aliphatic heterocycles. The summed E-state index contributed by atoms with van der Waals surface area (Å²) in [5, 5.41) is 13.2. The lowest BCUT2D eigenvalue weighted by atomic mass is 10.1. The van der Waals surface area contributed by atoms with Crippen molar-refractivity contribution in [3.8, 4) is 6.07 Å². The summed E-state index contributed by atoms with van der Waals surface area (Å²) in [6, 6.07) is 4.08. The third-order valence-electron chi connectivity index (χ3n) is 3.17. The number of ether oxygens (including phenoxy) is 1. The molecule has 3 heterocycles. The Bertz CT molecular complexity index is 630. The van der Waals surface area contributed by atoms with Crippen LogP contribution in [0.1, 0.15) is 18.5 Å². The molecule has 0 radical (unpaired) electrons. The maximum atomic E-state index is 9.03. The summed E-state index contributed by atoms with van der Waals surface area (Å²) < 4.78 is 5.33. The average Bonchev–Trinajstić information content (AvgIpc) is 2.48. The number of nitriles is 1. The SMILES string of the molecule is N#Cc1cc2cncnc2c(NC2CCOCC2)n1. The van der Waals surface area contributed by atoms with E-state index in [0.717, 1.165) is 37.0 Å². The molecule has 6 heteroatoms. The number of hydrogen-bond donors (Lipinski definition) is 1. The Morgan fingerprint density at radius 2 is 2.21 bits per heavy atom. The van der Waals surface area contributed by atoms with Gasteiger partial charge in [0.1, 0.15) is 23.6 Å². The Kier molecular flexibility index (Phi) is 3.21. The van der Waals surface area contributed by atoms with Crippen molar-refractivity contribution >= 4 is 16.7 Å². The molecule has 1 N–H and O–H groups in total.